The minimum Gasteiger partial charge on any atom is -0.487 e. The van der Waals surface area contributed by atoms with Gasteiger partial charge in [-0.1, -0.05) is 31.5 Å². The molecule has 0 spiro atoms. The van der Waals surface area contributed by atoms with Gasteiger partial charge in [-0.2, -0.15) is 0 Å². The first-order valence-electron chi connectivity index (χ1n) is 6.78. The molecule has 1 aliphatic heterocycles. The van der Waals surface area contributed by atoms with Gasteiger partial charge in [-0.25, -0.2) is 0 Å². The molecule has 6 heteroatoms. The van der Waals surface area contributed by atoms with Crippen LogP contribution in [0.25, 0.3) is 0 Å². The second kappa shape index (κ2) is 7.87. The predicted octanol–water partition coefficient (Wildman–Crippen LogP) is 3.17. The van der Waals surface area contributed by atoms with Gasteiger partial charge in [0, 0.05) is 13.0 Å². The fourth-order valence-corrected chi connectivity index (χ4v) is 2.50. The Kier molecular flexibility index (Phi) is 6.78. The normalized spacial score (nSPS) is 21.0. The highest BCUT2D eigenvalue weighted by Gasteiger charge is 2.31. The molecular weight excluding hydrogens is 313 g/mol. The van der Waals surface area contributed by atoms with Crippen LogP contribution in [0.4, 0.5) is 0 Å². The maximum Gasteiger partial charge on any atom is 0.323 e. The summed E-state index contributed by atoms with van der Waals surface area (Å²) in [6.07, 6.45) is 0.524. The summed E-state index contributed by atoms with van der Waals surface area (Å²) in [7, 11) is 1.39. The van der Waals surface area contributed by atoms with Crippen LogP contribution in [0.15, 0.2) is 18.2 Å². The number of ether oxygens (including phenoxy) is 2. The van der Waals surface area contributed by atoms with Crippen molar-refractivity contribution in [1.82, 2.24) is 5.32 Å². The summed E-state index contributed by atoms with van der Waals surface area (Å²) in [5.74, 6) is 0.837. The topological polar surface area (TPSA) is 47.6 Å². The third kappa shape index (κ3) is 4.50. The lowest BCUT2D eigenvalue weighted by Crippen LogP contribution is -2.31. The number of nitrogens with one attached hydrogen (secondary N) is 1. The number of carbonyl (C=O) groups is 1. The average Bonchev–Trinajstić information content (AvgIpc) is 2.88. The third-order valence-corrected chi connectivity index (χ3v) is 3.79. The van der Waals surface area contributed by atoms with Crippen molar-refractivity contribution in [2.24, 2.45) is 0 Å². The molecule has 1 heterocycles. The van der Waals surface area contributed by atoms with E-state index in [2.05, 4.69) is 19.2 Å². The molecular formula is C15H21Cl2NO3. The van der Waals surface area contributed by atoms with Gasteiger partial charge < -0.3 is 14.8 Å². The summed E-state index contributed by atoms with van der Waals surface area (Å²) in [4.78, 5) is 11.4. The number of methoxy groups -OCH3 is 1. The van der Waals surface area contributed by atoms with E-state index in [0.29, 0.717) is 29.7 Å². The highest BCUT2D eigenvalue weighted by molar-refractivity contribution is 6.32. The second-order valence-corrected chi connectivity index (χ2v) is 5.71. The van der Waals surface area contributed by atoms with E-state index in [9.17, 15) is 4.79 Å². The van der Waals surface area contributed by atoms with Gasteiger partial charge in [-0.05, 0) is 23.6 Å². The number of hydrogen-bond donors (Lipinski definition) is 1. The number of benzene rings is 1. The van der Waals surface area contributed by atoms with Crippen LogP contribution in [0.2, 0.25) is 5.02 Å². The van der Waals surface area contributed by atoms with Crippen LogP contribution in [0, 0.1) is 0 Å². The summed E-state index contributed by atoms with van der Waals surface area (Å²) in [6, 6.07) is 5.55. The summed E-state index contributed by atoms with van der Waals surface area (Å²) in [5, 5.41) is 3.69. The van der Waals surface area contributed by atoms with Crippen molar-refractivity contribution in [3.63, 3.8) is 0 Å². The van der Waals surface area contributed by atoms with E-state index in [1.165, 1.54) is 12.7 Å². The van der Waals surface area contributed by atoms with Crippen LogP contribution in [0.1, 0.15) is 31.7 Å². The van der Waals surface area contributed by atoms with Gasteiger partial charge in [0.2, 0.25) is 0 Å². The Labute approximate surface area is 136 Å². The zero-order chi connectivity index (χ0) is 14.7. The molecule has 1 N–H and O–H groups in total. The van der Waals surface area contributed by atoms with Crippen molar-refractivity contribution in [3.8, 4) is 5.75 Å². The fourth-order valence-electron chi connectivity index (χ4n) is 2.27. The van der Waals surface area contributed by atoms with Crippen LogP contribution in [-0.2, 0) is 9.53 Å². The predicted molar refractivity (Wildman–Crippen MR) is 85.6 cm³/mol. The number of esters is 1. The van der Waals surface area contributed by atoms with Crippen LogP contribution in [-0.4, -0.2) is 31.8 Å². The first kappa shape index (κ1) is 18.1. The quantitative estimate of drug-likeness (QED) is 0.860. The van der Waals surface area contributed by atoms with E-state index in [4.69, 9.17) is 21.1 Å². The second-order valence-electron chi connectivity index (χ2n) is 5.30. The highest BCUT2D eigenvalue weighted by atomic mass is 35.5. The lowest BCUT2D eigenvalue weighted by atomic mass is 10.0. The first-order chi connectivity index (χ1) is 9.51. The van der Waals surface area contributed by atoms with Gasteiger partial charge in [-0.3, -0.25) is 4.79 Å². The van der Waals surface area contributed by atoms with Gasteiger partial charge in [0.05, 0.1) is 12.1 Å². The molecule has 2 rings (SSSR count). The minimum atomic E-state index is -0.293. The Bertz CT molecular complexity index is 494. The zero-order valence-corrected chi connectivity index (χ0v) is 14.0. The van der Waals surface area contributed by atoms with E-state index < -0.39 is 0 Å². The molecule has 1 fully saturated rings. The maximum absolute atomic E-state index is 11.4. The third-order valence-electron chi connectivity index (χ3n) is 3.49. The fraction of sp³-hybridized carbons (Fsp3) is 0.533. The SMILES string of the molecule is COC(=O)[C@@H]1C[C@@H](Oc2ccc(C(C)C)cc2Cl)CN1.Cl. The van der Waals surface area contributed by atoms with Gasteiger partial charge in [0.25, 0.3) is 0 Å². The largest absolute Gasteiger partial charge is 0.487 e. The average molecular weight is 334 g/mol. The van der Waals surface area contributed by atoms with E-state index in [-0.39, 0.29) is 30.5 Å². The van der Waals surface area contributed by atoms with Crippen LogP contribution in [0.5, 0.6) is 5.75 Å². The van der Waals surface area contributed by atoms with Gasteiger partial charge >= 0.3 is 5.97 Å². The molecule has 4 nitrogen and oxygen atoms in total. The van der Waals surface area contributed by atoms with Crippen LogP contribution < -0.4 is 10.1 Å². The van der Waals surface area contributed by atoms with Gasteiger partial charge in [0.1, 0.15) is 17.9 Å². The van der Waals surface area contributed by atoms with Crippen molar-refractivity contribution < 1.29 is 14.3 Å². The van der Waals surface area contributed by atoms with Crippen molar-refractivity contribution in [3.05, 3.63) is 28.8 Å². The summed E-state index contributed by atoms with van der Waals surface area (Å²) in [6.45, 7) is 4.85. The molecule has 0 aromatic heterocycles. The molecule has 0 saturated carbocycles. The Morgan fingerprint density at radius 1 is 1.43 bits per heavy atom. The number of rotatable bonds is 4. The van der Waals surface area contributed by atoms with E-state index in [1.54, 1.807) is 0 Å². The lowest BCUT2D eigenvalue weighted by Gasteiger charge is -2.15. The van der Waals surface area contributed by atoms with E-state index in [0.717, 1.165) is 0 Å². The molecule has 1 saturated heterocycles. The summed E-state index contributed by atoms with van der Waals surface area (Å²) >= 11 is 6.24. The summed E-state index contributed by atoms with van der Waals surface area (Å²) < 4.78 is 10.6. The van der Waals surface area contributed by atoms with E-state index in [1.807, 2.05) is 18.2 Å². The number of hydrogen-bond acceptors (Lipinski definition) is 4. The van der Waals surface area contributed by atoms with Crippen molar-refractivity contribution >= 4 is 30.0 Å². The molecule has 2 atom stereocenters. The molecule has 0 aliphatic carbocycles. The van der Waals surface area contributed by atoms with Crippen LogP contribution in [0.3, 0.4) is 0 Å². The molecule has 0 amide bonds. The Hall–Kier alpha value is -0.970. The first-order valence-corrected chi connectivity index (χ1v) is 7.16. The smallest absolute Gasteiger partial charge is 0.323 e. The number of halogens is 2. The van der Waals surface area contributed by atoms with Crippen molar-refractivity contribution in [2.45, 2.75) is 38.3 Å². The zero-order valence-electron chi connectivity index (χ0n) is 12.4. The lowest BCUT2D eigenvalue weighted by molar-refractivity contribution is -0.142. The Balaban J connectivity index is 0.00000220. The molecule has 1 aromatic carbocycles. The van der Waals surface area contributed by atoms with Gasteiger partial charge in [0.15, 0.2) is 0 Å². The maximum atomic E-state index is 11.4. The molecule has 1 aromatic rings. The van der Waals surface area contributed by atoms with Gasteiger partial charge in [-0.15, -0.1) is 12.4 Å². The molecule has 0 unspecified atom stereocenters. The monoisotopic (exact) mass is 333 g/mol. The van der Waals surface area contributed by atoms with E-state index >= 15 is 0 Å². The standard InChI is InChI=1S/C15H20ClNO3.ClH/c1-9(2)10-4-5-14(12(16)6-10)20-11-7-13(17-8-11)15(18)19-3;/h4-6,9,11,13,17H,7-8H2,1-3H3;1H/t11-,13+;/m1./s1. The Morgan fingerprint density at radius 2 is 2.14 bits per heavy atom. The van der Waals surface area contributed by atoms with Crippen molar-refractivity contribution in [1.29, 1.82) is 0 Å². The molecule has 21 heavy (non-hydrogen) atoms. The van der Waals surface area contributed by atoms with Crippen molar-refractivity contribution in [2.75, 3.05) is 13.7 Å². The van der Waals surface area contributed by atoms with Crippen LogP contribution >= 0.6 is 24.0 Å². The molecule has 0 radical (unpaired) electrons. The molecule has 0 bridgehead atoms. The molecule has 118 valence electrons. The highest BCUT2D eigenvalue weighted by Crippen LogP contribution is 2.30. The number of carbonyl (C=O) groups excluding carboxylic acids is 1. The summed E-state index contributed by atoms with van der Waals surface area (Å²) in [5.41, 5.74) is 1.18. The minimum absolute atomic E-state index is 0. The molecule has 1 aliphatic rings. The Morgan fingerprint density at radius 3 is 2.71 bits per heavy atom.